The van der Waals surface area contributed by atoms with Gasteiger partial charge in [0.25, 0.3) is 5.91 Å². The second kappa shape index (κ2) is 9.97. The number of amides is 1. The van der Waals surface area contributed by atoms with Gasteiger partial charge in [-0.05, 0) is 31.0 Å². The predicted octanol–water partition coefficient (Wildman–Crippen LogP) is 3.03. The van der Waals surface area contributed by atoms with Crippen LogP contribution in [-0.2, 0) is 11.4 Å². The van der Waals surface area contributed by atoms with Crippen LogP contribution >= 0.6 is 0 Å². The molecule has 3 aromatic rings. The van der Waals surface area contributed by atoms with Crippen molar-refractivity contribution in [2.24, 2.45) is 5.10 Å². The highest BCUT2D eigenvalue weighted by Crippen LogP contribution is 2.30. The number of hydrogen-bond donors (Lipinski definition) is 3. The topological polar surface area (TPSA) is 87.6 Å². The zero-order valence-electron chi connectivity index (χ0n) is 17.3. The first-order valence-electron chi connectivity index (χ1n) is 10.2. The van der Waals surface area contributed by atoms with Gasteiger partial charge >= 0.3 is 0 Å². The summed E-state index contributed by atoms with van der Waals surface area (Å²) in [6.45, 7) is 2.56. The Labute approximate surface area is 181 Å². The minimum absolute atomic E-state index is 0.0488. The number of hydrazone groups is 1. The van der Waals surface area contributed by atoms with Crippen molar-refractivity contribution < 1.29 is 9.53 Å². The zero-order valence-corrected chi connectivity index (χ0v) is 17.3. The van der Waals surface area contributed by atoms with Crippen molar-refractivity contribution in [2.45, 2.75) is 32.0 Å². The lowest BCUT2D eigenvalue weighted by Crippen LogP contribution is -2.41. The zero-order chi connectivity index (χ0) is 21.5. The van der Waals surface area contributed by atoms with E-state index in [0.29, 0.717) is 13.0 Å². The third-order valence-electron chi connectivity index (χ3n) is 5.10. The summed E-state index contributed by atoms with van der Waals surface area (Å²) in [5, 5.41) is 4.01. The number of ether oxygens (including phenoxy) is 1. The number of hydrazine groups is 1. The van der Waals surface area contributed by atoms with Gasteiger partial charge in [0.05, 0.1) is 12.3 Å². The van der Waals surface area contributed by atoms with Gasteiger partial charge in [-0.2, -0.15) is 5.10 Å². The van der Waals surface area contributed by atoms with Crippen LogP contribution < -0.4 is 21.0 Å². The number of rotatable bonds is 7. The molecule has 3 N–H and O–H groups in total. The average Bonchev–Trinajstić information content (AvgIpc) is 3.30. The molecule has 1 aromatic heterocycles. The summed E-state index contributed by atoms with van der Waals surface area (Å²) < 4.78 is 6.09. The van der Waals surface area contributed by atoms with Gasteiger partial charge in [0.1, 0.15) is 18.4 Å². The van der Waals surface area contributed by atoms with Crippen LogP contribution in [0.3, 0.4) is 0 Å². The number of carbonyl (C=O) groups excluding carboxylic acids is 1. The van der Waals surface area contributed by atoms with Gasteiger partial charge in [0.2, 0.25) is 0 Å². The highest BCUT2D eigenvalue weighted by molar-refractivity contribution is 5.84. The Morgan fingerprint density at radius 3 is 2.81 bits per heavy atom. The molecular formula is C24H25N5O2. The van der Waals surface area contributed by atoms with Gasteiger partial charge in [-0.1, -0.05) is 54.1 Å². The minimum Gasteiger partial charge on any atom is -0.489 e. The molecule has 1 aliphatic rings. The molecule has 7 heteroatoms. The van der Waals surface area contributed by atoms with E-state index in [-0.39, 0.29) is 11.9 Å². The molecule has 4 rings (SSSR count). The molecule has 2 atom stereocenters. The van der Waals surface area contributed by atoms with E-state index in [9.17, 15) is 4.79 Å². The Bertz CT molecular complexity index is 1040. The van der Waals surface area contributed by atoms with Gasteiger partial charge in [0.15, 0.2) is 0 Å². The summed E-state index contributed by atoms with van der Waals surface area (Å²) in [6.07, 6.45) is 5.51. The van der Waals surface area contributed by atoms with Crippen LogP contribution in [0.15, 0.2) is 78.2 Å². The Hall–Kier alpha value is -3.55. The molecule has 7 nitrogen and oxygen atoms in total. The molecule has 2 unspecified atom stereocenters. The van der Waals surface area contributed by atoms with Crippen LogP contribution in [0.2, 0.25) is 0 Å². The van der Waals surface area contributed by atoms with E-state index in [0.717, 1.165) is 22.4 Å². The fraction of sp³-hybridized carbons (Fsp3) is 0.208. The number of benzene rings is 2. The largest absolute Gasteiger partial charge is 0.489 e. The monoisotopic (exact) mass is 415 g/mol. The smallest absolute Gasteiger partial charge is 0.258 e. The van der Waals surface area contributed by atoms with Crippen molar-refractivity contribution in [3.05, 3.63) is 95.3 Å². The summed E-state index contributed by atoms with van der Waals surface area (Å²) in [7, 11) is 0. The predicted molar refractivity (Wildman–Crippen MR) is 119 cm³/mol. The van der Waals surface area contributed by atoms with Crippen LogP contribution in [0, 0.1) is 6.92 Å². The molecule has 0 saturated carbocycles. The summed E-state index contributed by atoms with van der Waals surface area (Å²) in [6, 6.07) is 19.4. The van der Waals surface area contributed by atoms with E-state index in [2.05, 4.69) is 57.6 Å². The van der Waals surface area contributed by atoms with Gasteiger partial charge < -0.3 is 4.74 Å². The van der Waals surface area contributed by atoms with Crippen molar-refractivity contribution in [2.75, 3.05) is 0 Å². The molecule has 1 fully saturated rings. The number of hydrogen-bond acceptors (Lipinski definition) is 6. The van der Waals surface area contributed by atoms with Crippen molar-refractivity contribution in [3.63, 3.8) is 0 Å². The Morgan fingerprint density at radius 2 is 2.00 bits per heavy atom. The summed E-state index contributed by atoms with van der Waals surface area (Å²) in [4.78, 5) is 16.5. The van der Waals surface area contributed by atoms with Gasteiger partial charge in [-0.25, -0.2) is 16.3 Å². The maximum Gasteiger partial charge on any atom is 0.258 e. The van der Waals surface area contributed by atoms with Crippen LogP contribution in [0.5, 0.6) is 5.75 Å². The van der Waals surface area contributed by atoms with E-state index >= 15 is 0 Å². The highest BCUT2D eigenvalue weighted by atomic mass is 16.5. The molecule has 0 spiro atoms. The fourth-order valence-corrected chi connectivity index (χ4v) is 3.38. The number of nitrogens with one attached hydrogen (secondary N) is 3. The van der Waals surface area contributed by atoms with Crippen molar-refractivity contribution in [1.82, 2.24) is 21.3 Å². The van der Waals surface area contributed by atoms with Gasteiger partial charge in [-0.15, -0.1) is 0 Å². The molecule has 31 heavy (non-hydrogen) atoms. The highest BCUT2D eigenvalue weighted by Gasteiger charge is 2.31. The summed E-state index contributed by atoms with van der Waals surface area (Å²) in [5.41, 5.74) is 13.0. The van der Waals surface area contributed by atoms with Crippen LogP contribution in [0.4, 0.5) is 0 Å². The maximum absolute atomic E-state index is 12.5. The maximum atomic E-state index is 12.5. The molecule has 2 aromatic carbocycles. The van der Waals surface area contributed by atoms with Crippen LogP contribution in [0.25, 0.3) is 0 Å². The molecule has 2 heterocycles. The number of aryl methyl sites for hydroxylation is 1. The third kappa shape index (κ3) is 5.53. The molecule has 0 aliphatic carbocycles. The molecule has 1 amide bonds. The van der Waals surface area contributed by atoms with E-state index < -0.39 is 6.04 Å². The second-order valence-electron chi connectivity index (χ2n) is 7.46. The molecular weight excluding hydrogens is 390 g/mol. The number of para-hydroxylation sites is 1. The van der Waals surface area contributed by atoms with Crippen LogP contribution in [-0.4, -0.2) is 23.1 Å². The lowest BCUT2D eigenvalue weighted by atomic mass is 10.0. The number of nitrogens with zero attached hydrogens (tertiary/aromatic N) is 2. The first kappa shape index (κ1) is 20.7. The number of aromatic nitrogens is 1. The summed E-state index contributed by atoms with van der Waals surface area (Å²) in [5.74, 6) is 0.603. The molecule has 1 saturated heterocycles. The van der Waals surface area contributed by atoms with E-state index in [1.54, 1.807) is 18.6 Å². The molecule has 0 bridgehead atoms. The van der Waals surface area contributed by atoms with Crippen molar-refractivity contribution in [1.29, 1.82) is 0 Å². The van der Waals surface area contributed by atoms with Crippen molar-refractivity contribution in [3.8, 4) is 5.75 Å². The van der Waals surface area contributed by atoms with Crippen LogP contribution in [0.1, 0.15) is 34.7 Å². The third-order valence-corrected chi connectivity index (χ3v) is 5.10. The normalized spacial score (nSPS) is 18.2. The summed E-state index contributed by atoms with van der Waals surface area (Å²) >= 11 is 0. The molecule has 158 valence electrons. The lowest BCUT2D eigenvalue weighted by Gasteiger charge is -2.16. The SMILES string of the molecule is Cc1ccc(COc2ccccc2C2CC(C(=O)N/N=C\c3cccnc3)NN2)cc1. The molecule has 0 radical (unpaired) electrons. The van der Waals surface area contributed by atoms with E-state index in [4.69, 9.17) is 4.74 Å². The Morgan fingerprint density at radius 1 is 1.16 bits per heavy atom. The first-order valence-corrected chi connectivity index (χ1v) is 10.2. The number of carbonyl (C=O) groups is 1. The van der Waals surface area contributed by atoms with E-state index in [1.165, 1.54) is 5.56 Å². The Kier molecular flexibility index (Phi) is 6.66. The average molecular weight is 415 g/mol. The Balaban J connectivity index is 1.35. The van der Waals surface area contributed by atoms with Gasteiger partial charge in [0, 0.05) is 23.5 Å². The van der Waals surface area contributed by atoms with Crippen molar-refractivity contribution >= 4 is 12.1 Å². The van der Waals surface area contributed by atoms with E-state index in [1.807, 2.05) is 36.4 Å². The minimum atomic E-state index is -0.402. The lowest BCUT2D eigenvalue weighted by molar-refractivity contribution is -0.122. The first-order chi connectivity index (χ1) is 15.2. The quantitative estimate of drug-likeness (QED) is 0.408. The molecule has 1 aliphatic heterocycles. The fourth-order valence-electron chi connectivity index (χ4n) is 3.38. The number of pyridine rings is 1. The standard InChI is InChI=1S/C24H25N5O2/c1-17-8-10-18(11-9-17)16-31-23-7-3-2-6-20(23)21-13-22(28-27-21)24(30)29-26-15-19-5-4-12-25-14-19/h2-12,14-15,21-22,27-28H,13,16H2,1H3,(H,29,30)/b26-15-. The van der Waals surface area contributed by atoms with Gasteiger partial charge in [-0.3, -0.25) is 9.78 Å². The second-order valence-corrected chi connectivity index (χ2v) is 7.46.